The quantitative estimate of drug-likeness (QED) is 0.487. The number of hydrogen-bond donors (Lipinski definition) is 2. The molecule has 36 heavy (non-hydrogen) atoms. The average Bonchev–Trinajstić information content (AvgIpc) is 3.49. The molecule has 1 aromatic carbocycles. The monoisotopic (exact) mass is 524 g/mol. The molecule has 0 radical (unpaired) electrons. The van der Waals surface area contributed by atoms with Gasteiger partial charge in [-0.2, -0.15) is 0 Å². The van der Waals surface area contributed by atoms with Crippen LogP contribution in [0.5, 0.6) is 0 Å². The molecule has 0 unspecified atom stereocenters. The Morgan fingerprint density at radius 1 is 1.11 bits per heavy atom. The zero-order chi connectivity index (χ0) is 25.1. The van der Waals surface area contributed by atoms with E-state index in [2.05, 4.69) is 27.8 Å². The Kier molecular flexibility index (Phi) is 7.43. The SMILES string of the molecule is CN1NC(CNC(=O)c2ccc(Cl)s2)=CN1c1ccc(-n2ccccc2=O)cc1CN1CCCCC1. The van der Waals surface area contributed by atoms with E-state index < -0.39 is 0 Å². The third kappa shape index (κ3) is 5.49. The number of carbonyl (C=O) groups excluding carboxylic acids is 1. The number of rotatable bonds is 7. The molecule has 0 atom stereocenters. The second kappa shape index (κ2) is 10.9. The number of hydrogen-bond acceptors (Lipinski definition) is 7. The van der Waals surface area contributed by atoms with Gasteiger partial charge in [0, 0.05) is 37.7 Å². The Morgan fingerprint density at radius 2 is 1.94 bits per heavy atom. The van der Waals surface area contributed by atoms with Crippen molar-refractivity contribution in [1.29, 1.82) is 0 Å². The van der Waals surface area contributed by atoms with Crippen LogP contribution in [0, 0.1) is 0 Å². The smallest absolute Gasteiger partial charge is 0.261 e. The van der Waals surface area contributed by atoms with Gasteiger partial charge in [-0.15, -0.1) is 16.5 Å². The van der Waals surface area contributed by atoms with E-state index in [1.165, 1.54) is 30.6 Å². The maximum Gasteiger partial charge on any atom is 0.261 e. The molecule has 10 heteroatoms. The fourth-order valence-corrected chi connectivity index (χ4v) is 5.57. The highest BCUT2D eigenvalue weighted by atomic mass is 35.5. The number of pyridine rings is 1. The molecule has 2 aliphatic rings. The molecule has 2 N–H and O–H groups in total. The Labute approximate surface area is 219 Å². The minimum atomic E-state index is -0.154. The summed E-state index contributed by atoms with van der Waals surface area (Å²) in [5.41, 5.74) is 7.12. The first-order chi connectivity index (χ1) is 17.5. The van der Waals surface area contributed by atoms with Gasteiger partial charge in [0.1, 0.15) is 0 Å². The van der Waals surface area contributed by atoms with Crippen molar-refractivity contribution in [2.24, 2.45) is 0 Å². The van der Waals surface area contributed by atoms with E-state index in [1.54, 1.807) is 35.0 Å². The number of piperidine rings is 1. The van der Waals surface area contributed by atoms with Gasteiger partial charge in [0.05, 0.1) is 27.1 Å². The molecule has 0 spiro atoms. The van der Waals surface area contributed by atoms with E-state index in [-0.39, 0.29) is 11.5 Å². The summed E-state index contributed by atoms with van der Waals surface area (Å²) in [7, 11) is 1.94. The lowest BCUT2D eigenvalue weighted by Crippen LogP contribution is -2.41. The minimum Gasteiger partial charge on any atom is -0.346 e. The summed E-state index contributed by atoms with van der Waals surface area (Å²) in [6, 6.07) is 14.8. The summed E-state index contributed by atoms with van der Waals surface area (Å²) in [5.74, 6) is -0.154. The summed E-state index contributed by atoms with van der Waals surface area (Å²) >= 11 is 7.22. The van der Waals surface area contributed by atoms with Crippen LogP contribution < -0.4 is 21.3 Å². The second-order valence-electron chi connectivity index (χ2n) is 8.98. The van der Waals surface area contributed by atoms with Gasteiger partial charge in [-0.1, -0.05) is 24.1 Å². The number of nitrogens with one attached hydrogen (secondary N) is 2. The standard InChI is InChI=1S/C26H29ClN6O2S/c1-30-29-20(16-28-26(35)23-10-11-24(27)36-23)18-33(30)22-9-8-21(32-14-6-3-7-25(32)34)15-19(22)17-31-12-4-2-5-13-31/h3,6-11,14-15,18,29H,2,4-5,12-13,16-17H2,1H3,(H,28,35). The van der Waals surface area contributed by atoms with E-state index in [1.807, 2.05) is 35.5 Å². The Hall–Kier alpha value is -3.11. The van der Waals surface area contributed by atoms with Crippen LogP contribution in [0.2, 0.25) is 4.34 Å². The predicted molar refractivity (Wildman–Crippen MR) is 144 cm³/mol. The molecule has 1 fully saturated rings. The number of carbonyl (C=O) groups is 1. The highest BCUT2D eigenvalue weighted by Crippen LogP contribution is 2.29. The highest BCUT2D eigenvalue weighted by Gasteiger charge is 2.24. The molecule has 188 valence electrons. The molecule has 5 rings (SSSR count). The lowest BCUT2D eigenvalue weighted by Gasteiger charge is -2.31. The molecule has 2 aromatic heterocycles. The van der Waals surface area contributed by atoms with Crippen molar-refractivity contribution in [1.82, 2.24) is 25.3 Å². The van der Waals surface area contributed by atoms with E-state index in [9.17, 15) is 9.59 Å². The van der Waals surface area contributed by atoms with Crippen molar-refractivity contribution < 1.29 is 4.79 Å². The predicted octanol–water partition coefficient (Wildman–Crippen LogP) is 3.98. The second-order valence-corrected chi connectivity index (χ2v) is 10.7. The molecule has 3 aromatic rings. The van der Waals surface area contributed by atoms with Crippen LogP contribution in [0.3, 0.4) is 0 Å². The number of nitrogens with zero attached hydrogens (tertiary/aromatic N) is 4. The highest BCUT2D eigenvalue weighted by molar-refractivity contribution is 7.18. The van der Waals surface area contributed by atoms with E-state index in [0.717, 1.165) is 42.3 Å². The number of amides is 1. The summed E-state index contributed by atoms with van der Waals surface area (Å²) in [5, 5.41) is 6.88. The third-order valence-corrected chi connectivity index (χ3v) is 7.63. The largest absolute Gasteiger partial charge is 0.346 e. The Bertz CT molecular complexity index is 1330. The molecule has 8 nitrogen and oxygen atoms in total. The lowest BCUT2D eigenvalue weighted by atomic mass is 10.1. The van der Waals surface area contributed by atoms with Crippen LogP contribution in [0.1, 0.15) is 34.5 Å². The summed E-state index contributed by atoms with van der Waals surface area (Å²) in [6.07, 6.45) is 7.48. The van der Waals surface area contributed by atoms with Crippen LogP contribution in [0.25, 0.3) is 5.69 Å². The average molecular weight is 525 g/mol. The topological polar surface area (TPSA) is 72.8 Å². The summed E-state index contributed by atoms with van der Waals surface area (Å²) in [6.45, 7) is 3.30. The first-order valence-corrected chi connectivity index (χ1v) is 13.2. The molecule has 4 heterocycles. The third-order valence-electron chi connectivity index (χ3n) is 6.40. The van der Waals surface area contributed by atoms with Crippen molar-refractivity contribution in [3.63, 3.8) is 0 Å². The number of hydrazine groups is 2. The van der Waals surface area contributed by atoms with Gasteiger partial charge in [0.2, 0.25) is 0 Å². The van der Waals surface area contributed by atoms with Crippen LogP contribution in [0.15, 0.2) is 71.4 Å². The van der Waals surface area contributed by atoms with Crippen molar-refractivity contribution in [3.05, 3.63) is 91.8 Å². The molecular weight excluding hydrogens is 496 g/mol. The summed E-state index contributed by atoms with van der Waals surface area (Å²) < 4.78 is 2.26. The van der Waals surface area contributed by atoms with Crippen LogP contribution in [0.4, 0.5) is 5.69 Å². The Morgan fingerprint density at radius 3 is 2.69 bits per heavy atom. The zero-order valence-corrected chi connectivity index (χ0v) is 21.7. The van der Waals surface area contributed by atoms with Gasteiger partial charge < -0.3 is 10.7 Å². The van der Waals surface area contributed by atoms with Gasteiger partial charge >= 0.3 is 0 Å². The first-order valence-electron chi connectivity index (χ1n) is 12.0. The van der Waals surface area contributed by atoms with Crippen molar-refractivity contribution in [2.75, 3.05) is 31.7 Å². The fourth-order valence-electron chi connectivity index (χ4n) is 4.61. The van der Waals surface area contributed by atoms with Crippen molar-refractivity contribution in [2.45, 2.75) is 25.8 Å². The van der Waals surface area contributed by atoms with Crippen LogP contribution in [-0.2, 0) is 6.54 Å². The molecular formula is C26H29ClN6O2S. The molecule has 1 saturated heterocycles. The molecule has 0 aliphatic carbocycles. The number of thiophene rings is 1. The van der Waals surface area contributed by atoms with Gasteiger partial charge in [-0.3, -0.25) is 24.1 Å². The number of likely N-dealkylation sites (tertiary alicyclic amines) is 1. The van der Waals surface area contributed by atoms with Gasteiger partial charge in [0.15, 0.2) is 0 Å². The minimum absolute atomic E-state index is 0.0564. The van der Waals surface area contributed by atoms with E-state index >= 15 is 0 Å². The molecule has 1 amide bonds. The zero-order valence-electron chi connectivity index (χ0n) is 20.1. The number of halogens is 1. The van der Waals surface area contributed by atoms with E-state index in [4.69, 9.17) is 11.6 Å². The number of aromatic nitrogens is 1. The van der Waals surface area contributed by atoms with Crippen molar-refractivity contribution in [3.8, 4) is 5.69 Å². The number of benzene rings is 1. The lowest BCUT2D eigenvalue weighted by molar-refractivity contribution is 0.0959. The number of anilines is 1. The maximum atomic E-state index is 12.5. The van der Waals surface area contributed by atoms with Gasteiger partial charge in [-0.25, -0.2) is 0 Å². The molecule has 2 aliphatic heterocycles. The van der Waals surface area contributed by atoms with Crippen LogP contribution in [-0.4, -0.2) is 47.2 Å². The Balaban J connectivity index is 1.40. The summed E-state index contributed by atoms with van der Waals surface area (Å²) in [4.78, 5) is 28.0. The van der Waals surface area contributed by atoms with Gasteiger partial charge in [0.25, 0.3) is 11.5 Å². The van der Waals surface area contributed by atoms with Crippen LogP contribution >= 0.6 is 22.9 Å². The first kappa shape index (κ1) is 24.6. The van der Waals surface area contributed by atoms with Crippen molar-refractivity contribution >= 4 is 34.5 Å². The molecule has 0 bridgehead atoms. The van der Waals surface area contributed by atoms with Gasteiger partial charge in [-0.05, 0) is 67.9 Å². The fraction of sp³-hybridized carbons (Fsp3) is 0.308. The maximum absolute atomic E-state index is 12.5. The normalized spacial score (nSPS) is 16.6. The van der Waals surface area contributed by atoms with E-state index in [0.29, 0.717) is 15.8 Å². The molecule has 0 saturated carbocycles.